The van der Waals surface area contributed by atoms with Crippen LogP contribution in [0.1, 0.15) is 16.7 Å². The molecule has 0 spiro atoms. The van der Waals surface area contributed by atoms with Gasteiger partial charge in [0, 0.05) is 25.0 Å². The van der Waals surface area contributed by atoms with Crippen molar-refractivity contribution in [3.63, 3.8) is 0 Å². The predicted octanol–water partition coefficient (Wildman–Crippen LogP) is 5.72. The Morgan fingerprint density at radius 2 is 1.62 bits per heavy atom. The number of hydrogen-bond acceptors (Lipinski definition) is 3. The Bertz CT molecular complexity index is 1160. The summed E-state index contributed by atoms with van der Waals surface area (Å²) in [6.07, 6.45) is 0.341. The van der Waals surface area contributed by atoms with E-state index < -0.39 is 6.04 Å². The number of aryl methyl sites for hydroxylation is 1. The molecule has 0 heterocycles. The van der Waals surface area contributed by atoms with Crippen LogP contribution in [0.2, 0.25) is 15.1 Å². The van der Waals surface area contributed by atoms with Crippen LogP contribution in [0.4, 0.5) is 0 Å². The third kappa shape index (κ3) is 6.89. The summed E-state index contributed by atoms with van der Waals surface area (Å²) < 4.78 is 5.75. The average Bonchev–Trinajstić information content (AvgIpc) is 2.84. The van der Waals surface area contributed by atoms with E-state index >= 15 is 0 Å². The highest BCUT2D eigenvalue weighted by Gasteiger charge is 2.30. The Morgan fingerprint density at radius 3 is 2.26 bits per heavy atom. The fourth-order valence-electron chi connectivity index (χ4n) is 3.49. The molecule has 2 amide bonds. The number of rotatable bonds is 9. The summed E-state index contributed by atoms with van der Waals surface area (Å²) >= 11 is 18.3. The van der Waals surface area contributed by atoms with Crippen molar-refractivity contribution in [3.8, 4) is 5.75 Å². The smallest absolute Gasteiger partial charge is 0.261 e. The number of benzene rings is 3. The van der Waals surface area contributed by atoms with Crippen LogP contribution < -0.4 is 10.1 Å². The largest absolute Gasteiger partial charge is 0.484 e. The first-order valence-corrected chi connectivity index (χ1v) is 11.8. The maximum atomic E-state index is 13.4. The molecule has 0 aliphatic rings. The van der Waals surface area contributed by atoms with Crippen molar-refractivity contribution in [2.75, 3.05) is 13.7 Å². The molecule has 3 aromatic rings. The normalized spacial score (nSPS) is 11.6. The van der Waals surface area contributed by atoms with Crippen LogP contribution in [0, 0.1) is 6.92 Å². The van der Waals surface area contributed by atoms with E-state index in [0.29, 0.717) is 27.2 Å². The second-order valence-electron chi connectivity index (χ2n) is 7.79. The Labute approximate surface area is 214 Å². The fourth-order valence-corrected chi connectivity index (χ4v) is 3.93. The lowest BCUT2D eigenvalue weighted by Crippen LogP contribution is -2.51. The SMILES string of the molecule is CNC(=O)[C@H](Cc1ccccc1)N(Cc1ccc(Cl)c(Cl)c1)C(=O)COc1ccc(Cl)c(C)c1. The quantitative estimate of drug-likeness (QED) is 0.393. The van der Waals surface area contributed by atoms with Gasteiger partial charge < -0.3 is 15.0 Å². The zero-order chi connectivity index (χ0) is 24.7. The third-order valence-corrected chi connectivity index (χ3v) is 6.51. The van der Waals surface area contributed by atoms with Crippen LogP contribution in [-0.4, -0.2) is 36.4 Å². The van der Waals surface area contributed by atoms with Crippen LogP contribution in [-0.2, 0) is 22.6 Å². The Hall–Kier alpha value is -2.73. The van der Waals surface area contributed by atoms with E-state index in [9.17, 15) is 9.59 Å². The van der Waals surface area contributed by atoms with Gasteiger partial charge in [0.25, 0.3) is 5.91 Å². The second-order valence-corrected chi connectivity index (χ2v) is 9.01. The molecule has 0 fully saturated rings. The molecule has 3 rings (SSSR count). The molecule has 5 nitrogen and oxygen atoms in total. The Balaban J connectivity index is 1.89. The Kier molecular flexibility index (Phi) is 9.22. The molecule has 8 heteroatoms. The number of carbonyl (C=O) groups excluding carboxylic acids is 2. The summed E-state index contributed by atoms with van der Waals surface area (Å²) in [5.74, 6) is -0.105. The van der Waals surface area contributed by atoms with Gasteiger partial charge in [0.05, 0.1) is 10.0 Å². The minimum Gasteiger partial charge on any atom is -0.484 e. The van der Waals surface area contributed by atoms with E-state index in [1.807, 2.05) is 37.3 Å². The fraction of sp³-hybridized carbons (Fsp3) is 0.231. The number of nitrogens with one attached hydrogen (secondary N) is 1. The highest BCUT2D eigenvalue weighted by atomic mass is 35.5. The zero-order valence-electron chi connectivity index (χ0n) is 18.9. The van der Waals surface area contributed by atoms with Gasteiger partial charge in [-0.1, -0.05) is 71.2 Å². The molecule has 1 N–H and O–H groups in total. The zero-order valence-corrected chi connectivity index (χ0v) is 21.1. The molecule has 0 unspecified atom stereocenters. The molecule has 0 bridgehead atoms. The minimum absolute atomic E-state index is 0.156. The van der Waals surface area contributed by atoms with E-state index in [1.54, 1.807) is 43.4 Å². The molecule has 3 aromatic carbocycles. The molecule has 0 saturated heterocycles. The number of nitrogens with zero attached hydrogens (tertiary/aromatic N) is 1. The van der Waals surface area contributed by atoms with Gasteiger partial charge in [0.1, 0.15) is 11.8 Å². The first-order chi connectivity index (χ1) is 16.3. The van der Waals surface area contributed by atoms with Crippen molar-refractivity contribution >= 4 is 46.6 Å². The molecule has 0 aliphatic heterocycles. The summed E-state index contributed by atoms with van der Waals surface area (Å²) in [7, 11) is 1.55. The highest BCUT2D eigenvalue weighted by Crippen LogP contribution is 2.25. The first-order valence-electron chi connectivity index (χ1n) is 10.7. The lowest BCUT2D eigenvalue weighted by Gasteiger charge is -2.31. The van der Waals surface area contributed by atoms with Crippen LogP contribution in [0.3, 0.4) is 0 Å². The summed E-state index contributed by atoms with van der Waals surface area (Å²) in [6, 6.07) is 19.1. The first kappa shape index (κ1) is 25.9. The summed E-state index contributed by atoms with van der Waals surface area (Å²) in [6.45, 7) is 1.77. The van der Waals surface area contributed by atoms with E-state index in [1.165, 1.54) is 4.90 Å². The topological polar surface area (TPSA) is 58.6 Å². The Morgan fingerprint density at radius 1 is 0.912 bits per heavy atom. The standard InChI is InChI=1S/C26H25Cl3N2O3/c1-17-12-20(9-11-21(17)27)34-16-25(32)31(15-19-8-10-22(28)23(29)13-19)24(26(33)30-2)14-18-6-4-3-5-7-18/h3-13,24H,14-16H2,1-2H3,(H,30,33)/t24-/m0/s1. The summed E-state index contributed by atoms with van der Waals surface area (Å²) in [4.78, 5) is 27.8. The van der Waals surface area contributed by atoms with Gasteiger partial charge in [0.15, 0.2) is 6.61 Å². The molecule has 0 saturated carbocycles. The van der Waals surface area contributed by atoms with Crippen LogP contribution in [0.15, 0.2) is 66.7 Å². The van der Waals surface area contributed by atoms with Gasteiger partial charge in [-0.3, -0.25) is 9.59 Å². The van der Waals surface area contributed by atoms with Crippen molar-refractivity contribution in [1.29, 1.82) is 0 Å². The molecule has 34 heavy (non-hydrogen) atoms. The lowest BCUT2D eigenvalue weighted by molar-refractivity contribution is -0.142. The van der Waals surface area contributed by atoms with E-state index in [2.05, 4.69) is 5.32 Å². The van der Waals surface area contributed by atoms with Gasteiger partial charge in [-0.15, -0.1) is 0 Å². The molecule has 178 valence electrons. The predicted molar refractivity (Wildman–Crippen MR) is 137 cm³/mol. The van der Waals surface area contributed by atoms with Crippen molar-refractivity contribution in [2.24, 2.45) is 0 Å². The van der Waals surface area contributed by atoms with Crippen molar-refractivity contribution in [1.82, 2.24) is 10.2 Å². The van der Waals surface area contributed by atoms with Gasteiger partial charge in [-0.05, 0) is 53.9 Å². The summed E-state index contributed by atoms with van der Waals surface area (Å²) in [5.41, 5.74) is 2.51. The minimum atomic E-state index is -0.759. The number of halogens is 3. The van der Waals surface area contributed by atoms with Crippen molar-refractivity contribution < 1.29 is 14.3 Å². The maximum absolute atomic E-state index is 13.4. The monoisotopic (exact) mass is 518 g/mol. The molecular weight excluding hydrogens is 495 g/mol. The average molecular weight is 520 g/mol. The maximum Gasteiger partial charge on any atom is 0.261 e. The van der Waals surface area contributed by atoms with E-state index in [-0.39, 0.29) is 25.0 Å². The van der Waals surface area contributed by atoms with Gasteiger partial charge in [0.2, 0.25) is 5.91 Å². The molecular formula is C26H25Cl3N2O3. The number of hydrogen-bond donors (Lipinski definition) is 1. The van der Waals surface area contributed by atoms with Crippen LogP contribution in [0.5, 0.6) is 5.75 Å². The highest BCUT2D eigenvalue weighted by molar-refractivity contribution is 6.42. The number of carbonyl (C=O) groups is 2. The molecule has 0 aliphatic carbocycles. The number of likely N-dealkylation sites (N-methyl/N-ethyl adjacent to an activating group) is 1. The molecule has 0 radical (unpaired) electrons. The van der Waals surface area contributed by atoms with Crippen molar-refractivity contribution in [2.45, 2.75) is 25.9 Å². The van der Waals surface area contributed by atoms with Crippen molar-refractivity contribution in [3.05, 3.63) is 98.5 Å². The molecule has 0 aromatic heterocycles. The lowest BCUT2D eigenvalue weighted by atomic mass is 10.0. The van der Waals surface area contributed by atoms with E-state index in [0.717, 1.165) is 16.7 Å². The summed E-state index contributed by atoms with van der Waals surface area (Å²) in [5, 5.41) is 4.08. The van der Waals surface area contributed by atoms with E-state index in [4.69, 9.17) is 39.5 Å². The third-order valence-electron chi connectivity index (χ3n) is 5.35. The number of ether oxygens (including phenoxy) is 1. The van der Waals surface area contributed by atoms with Gasteiger partial charge in [-0.2, -0.15) is 0 Å². The van der Waals surface area contributed by atoms with Gasteiger partial charge in [-0.25, -0.2) is 0 Å². The van der Waals surface area contributed by atoms with Gasteiger partial charge >= 0.3 is 0 Å². The second kappa shape index (κ2) is 12.1. The van der Waals surface area contributed by atoms with Crippen LogP contribution >= 0.6 is 34.8 Å². The molecule has 1 atom stereocenters. The van der Waals surface area contributed by atoms with Crippen LogP contribution in [0.25, 0.3) is 0 Å². The number of amides is 2.